The fourth-order valence-electron chi connectivity index (χ4n) is 3.55. The summed E-state index contributed by atoms with van der Waals surface area (Å²) in [4.78, 5) is 28.2. The molecule has 0 bridgehead atoms. The molecule has 148 valence electrons. The smallest absolute Gasteiger partial charge is 0.259 e. The minimum absolute atomic E-state index is 0.0389. The average molecular weight is 388 g/mol. The van der Waals surface area contributed by atoms with Crippen LogP contribution in [0.3, 0.4) is 0 Å². The average Bonchev–Trinajstić information content (AvgIpc) is 2.77. The Morgan fingerprint density at radius 2 is 1.83 bits per heavy atom. The lowest BCUT2D eigenvalue weighted by Gasteiger charge is -2.34. The summed E-state index contributed by atoms with van der Waals surface area (Å²) in [6.45, 7) is 3.75. The van der Waals surface area contributed by atoms with E-state index in [2.05, 4.69) is 25.6 Å². The molecule has 1 unspecified atom stereocenters. The molecule has 1 aliphatic heterocycles. The standard InChI is InChI=1S/C22H24N6O/c1-16-5-2-12-24-20(16)28(19-6-3-11-23-15-19)21(29)17-7-9-18(10-8-17)27-22-25-13-4-14-26-22/h2,4-5,7-10,12-14,19,23H,3,6,11,15H2,1H3,(H,25,26,27). The molecular weight excluding hydrogens is 364 g/mol. The number of hydrogen-bond donors (Lipinski definition) is 2. The zero-order chi connectivity index (χ0) is 20.1. The molecule has 1 saturated heterocycles. The topological polar surface area (TPSA) is 83.0 Å². The number of hydrogen-bond acceptors (Lipinski definition) is 6. The Morgan fingerprint density at radius 1 is 1.07 bits per heavy atom. The van der Waals surface area contributed by atoms with E-state index in [-0.39, 0.29) is 11.9 Å². The van der Waals surface area contributed by atoms with E-state index in [9.17, 15) is 4.79 Å². The van der Waals surface area contributed by atoms with Crippen molar-refractivity contribution >= 4 is 23.4 Å². The Kier molecular flexibility index (Phi) is 5.76. The van der Waals surface area contributed by atoms with Crippen LogP contribution in [-0.2, 0) is 0 Å². The number of anilines is 3. The van der Waals surface area contributed by atoms with E-state index in [1.54, 1.807) is 24.7 Å². The van der Waals surface area contributed by atoms with Gasteiger partial charge in [-0.2, -0.15) is 0 Å². The maximum absolute atomic E-state index is 13.5. The van der Waals surface area contributed by atoms with Gasteiger partial charge in [0.2, 0.25) is 5.95 Å². The van der Waals surface area contributed by atoms with Gasteiger partial charge in [-0.25, -0.2) is 15.0 Å². The van der Waals surface area contributed by atoms with Gasteiger partial charge in [-0.1, -0.05) is 6.07 Å². The predicted octanol–water partition coefficient (Wildman–Crippen LogP) is 3.32. The summed E-state index contributed by atoms with van der Waals surface area (Å²) in [5.74, 6) is 1.21. The monoisotopic (exact) mass is 388 g/mol. The summed E-state index contributed by atoms with van der Waals surface area (Å²) < 4.78 is 0. The summed E-state index contributed by atoms with van der Waals surface area (Å²) in [5.41, 5.74) is 2.44. The van der Waals surface area contributed by atoms with Crippen molar-refractivity contribution in [2.75, 3.05) is 23.3 Å². The fraction of sp³-hybridized carbons (Fsp3) is 0.273. The molecule has 2 N–H and O–H groups in total. The second-order valence-electron chi connectivity index (χ2n) is 7.09. The minimum Gasteiger partial charge on any atom is -0.324 e. The van der Waals surface area contributed by atoms with Crippen LogP contribution in [-0.4, -0.2) is 40.0 Å². The third-order valence-corrected chi connectivity index (χ3v) is 5.02. The Balaban J connectivity index is 1.59. The number of piperidine rings is 1. The summed E-state index contributed by atoms with van der Waals surface area (Å²) in [6.07, 6.45) is 7.10. The zero-order valence-corrected chi connectivity index (χ0v) is 16.4. The molecule has 0 spiro atoms. The van der Waals surface area contributed by atoms with Crippen molar-refractivity contribution in [2.45, 2.75) is 25.8 Å². The second-order valence-corrected chi connectivity index (χ2v) is 7.09. The first-order chi connectivity index (χ1) is 14.2. The van der Waals surface area contributed by atoms with E-state index in [1.165, 1.54) is 0 Å². The molecule has 4 rings (SSSR count). The van der Waals surface area contributed by atoms with Crippen molar-refractivity contribution in [3.05, 3.63) is 72.2 Å². The molecule has 3 aromatic rings. The molecule has 0 saturated carbocycles. The normalized spacial score (nSPS) is 16.2. The Bertz CT molecular complexity index is 955. The van der Waals surface area contributed by atoms with Crippen molar-refractivity contribution < 1.29 is 4.79 Å². The van der Waals surface area contributed by atoms with Crippen LogP contribution in [0.5, 0.6) is 0 Å². The van der Waals surface area contributed by atoms with Gasteiger partial charge in [0.1, 0.15) is 5.82 Å². The molecule has 3 heterocycles. The number of carbonyl (C=O) groups excluding carboxylic acids is 1. The predicted molar refractivity (Wildman–Crippen MR) is 113 cm³/mol. The van der Waals surface area contributed by atoms with E-state index >= 15 is 0 Å². The summed E-state index contributed by atoms with van der Waals surface area (Å²) in [6, 6.07) is 13.1. The van der Waals surface area contributed by atoms with Crippen LogP contribution in [0.25, 0.3) is 0 Å². The van der Waals surface area contributed by atoms with Gasteiger partial charge in [-0.3, -0.25) is 9.69 Å². The van der Waals surface area contributed by atoms with Gasteiger partial charge in [-0.05, 0) is 68.3 Å². The highest BCUT2D eigenvalue weighted by Crippen LogP contribution is 2.25. The number of aryl methyl sites for hydroxylation is 1. The summed E-state index contributed by atoms with van der Waals surface area (Å²) in [5, 5.41) is 6.54. The summed E-state index contributed by atoms with van der Waals surface area (Å²) >= 11 is 0. The third-order valence-electron chi connectivity index (χ3n) is 5.02. The molecule has 0 aliphatic carbocycles. The lowest BCUT2D eigenvalue weighted by Crippen LogP contribution is -2.49. The molecule has 2 aromatic heterocycles. The zero-order valence-electron chi connectivity index (χ0n) is 16.4. The van der Waals surface area contributed by atoms with Crippen molar-refractivity contribution in [3.63, 3.8) is 0 Å². The molecule has 1 aliphatic rings. The van der Waals surface area contributed by atoms with E-state index in [0.717, 1.165) is 43.0 Å². The largest absolute Gasteiger partial charge is 0.324 e. The van der Waals surface area contributed by atoms with Gasteiger partial charge in [0.25, 0.3) is 5.91 Å². The SMILES string of the molecule is Cc1cccnc1N(C(=O)c1ccc(Nc2ncccn2)cc1)C1CCCNC1. The molecule has 1 fully saturated rings. The third kappa shape index (κ3) is 4.41. The van der Waals surface area contributed by atoms with Crippen molar-refractivity contribution in [1.29, 1.82) is 0 Å². The van der Waals surface area contributed by atoms with Crippen LogP contribution in [0.15, 0.2) is 61.1 Å². The van der Waals surface area contributed by atoms with Crippen LogP contribution < -0.4 is 15.5 Å². The molecule has 0 radical (unpaired) electrons. The second kappa shape index (κ2) is 8.79. The van der Waals surface area contributed by atoms with Crippen molar-refractivity contribution in [3.8, 4) is 0 Å². The Hall–Kier alpha value is -3.32. The molecule has 29 heavy (non-hydrogen) atoms. The van der Waals surface area contributed by atoms with Gasteiger partial charge in [0.05, 0.1) is 6.04 Å². The van der Waals surface area contributed by atoms with E-state index < -0.39 is 0 Å². The van der Waals surface area contributed by atoms with E-state index in [1.807, 2.05) is 48.2 Å². The molecule has 7 heteroatoms. The highest BCUT2D eigenvalue weighted by atomic mass is 16.2. The first-order valence-corrected chi connectivity index (χ1v) is 9.82. The van der Waals surface area contributed by atoms with E-state index in [4.69, 9.17) is 0 Å². The first-order valence-electron chi connectivity index (χ1n) is 9.82. The van der Waals surface area contributed by atoms with E-state index in [0.29, 0.717) is 11.5 Å². The van der Waals surface area contributed by atoms with Crippen LogP contribution in [0, 0.1) is 6.92 Å². The fourth-order valence-corrected chi connectivity index (χ4v) is 3.55. The Morgan fingerprint density at radius 3 is 2.52 bits per heavy atom. The highest BCUT2D eigenvalue weighted by molar-refractivity contribution is 6.06. The van der Waals surface area contributed by atoms with Gasteiger partial charge < -0.3 is 10.6 Å². The number of pyridine rings is 1. The molecule has 1 amide bonds. The molecular formula is C22H24N6O. The van der Waals surface area contributed by atoms with Crippen LogP contribution in [0.2, 0.25) is 0 Å². The highest BCUT2D eigenvalue weighted by Gasteiger charge is 2.29. The lowest BCUT2D eigenvalue weighted by molar-refractivity contribution is 0.0971. The molecule has 1 atom stereocenters. The van der Waals surface area contributed by atoms with Crippen LogP contribution >= 0.6 is 0 Å². The molecule has 1 aromatic carbocycles. The molecule has 7 nitrogen and oxygen atoms in total. The number of aromatic nitrogens is 3. The number of nitrogens with zero attached hydrogens (tertiary/aromatic N) is 4. The number of benzene rings is 1. The van der Waals surface area contributed by atoms with Gasteiger partial charge in [0, 0.05) is 36.4 Å². The minimum atomic E-state index is -0.0389. The van der Waals surface area contributed by atoms with Gasteiger partial charge in [-0.15, -0.1) is 0 Å². The Labute approximate surface area is 170 Å². The number of carbonyl (C=O) groups is 1. The maximum atomic E-state index is 13.5. The first kappa shape index (κ1) is 19.0. The number of rotatable bonds is 5. The number of nitrogens with one attached hydrogen (secondary N) is 2. The quantitative estimate of drug-likeness (QED) is 0.698. The van der Waals surface area contributed by atoms with Crippen LogP contribution in [0.4, 0.5) is 17.5 Å². The lowest BCUT2D eigenvalue weighted by atomic mass is 10.0. The van der Waals surface area contributed by atoms with Crippen LogP contribution in [0.1, 0.15) is 28.8 Å². The van der Waals surface area contributed by atoms with Crippen molar-refractivity contribution in [1.82, 2.24) is 20.3 Å². The maximum Gasteiger partial charge on any atom is 0.259 e. The van der Waals surface area contributed by atoms with Crippen molar-refractivity contribution in [2.24, 2.45) is 0 Å². The van der Waals surface area contributed by atoms with Gasteiger partial charge >= 0.3 is 0 Å². The van der Waals surface area contributed by atoms with Gasteiger partial charge in [0.15, 0.2) is 0 Å². The summed E-state index contributed by atoms with van der Waals surface area (Å²) in [7, 11) is 0. The number of amides is 1.